The maximum atomic E-state index is 12.3. The highest BCUT2D eigenvalue weighted by molar-refractivity contribution is 6.31. The van der Waals surface area contributed by atoms with E-state index in [2.05, 4.69) is 0 Å². The molecule has 0 aliphatic heterocycles. The van der Waals surface area contributed by atoms with Crippen molar-refractivity contribution in [2.24, 2.45) is 0 Å². The molecule has 3 rings (SSSR count). The van der Waals surface area contributed by atoms with Gasteiger partial charge in [-0.2, -0.15) is 0 Å². The van der Waals surface area contributed by atoms with E-state index >= 15 is 0 Å². The summed E-state index contributed by atoms with van der Waals surface area (Å²) in [6, 6.07) is 13.4. The smallest absolute Gasteiger partial charge is 0.167 e. The summed E-state index contributed by atoms with van der Waals surface area (Å²) in [6.07, 6.45) is 4.43. The number of halogens is 1. The molecule has 0 spiro atoms. The van der Waals surface area contributed by atoms with Crippen LogP contribution < -0.4 is 0 Å². The fraction of sp³-hybridized carbons (Fsp3) is 0.0625. The van der Waals surface area contributed by atoms with Crippen molar-refractivity contribution >= 4 is 29.5 Å². The lowest BCUT2D eigenvalue weighted by Crippen LogP contribution is -2.08. The quantitative estimate of drug-likeness (QED) is 0.687. The maximum Gasteiger partial charge on any atom is 0.167 e. The molecule has 1 nitrogen and oxygen atoms in total. The van der Waals surface area contributed by atoms with Gasteiger partial charge in [0.05, 0.1) is 0 Å². The van der Waals surface area contributed by atoms with E-state index in [0.717, 1.165) is 22.3 Å². The lowest BCUT2D eigenvalue weighted by Gasteiger charge is -2.11. The van der Waals surface area contributed by atoms with Crippen molar-refractivity contribution < 1.29 is 4.79 Å². The molecule has 0 atom stereocenters. The van der Waals surface area contributed by atoms with Crippen LogP contribution in [0.2, 0.25) is 5.02 Å². The first kappa shape index (κ1) is 11.2. The zero-order chi connectivity index (χ0) is 12.5. The first-order valence-electron chi connectivity index (χ1n) is 5.83. The summed E-state index contributed by atoms with van der Waals surface area (Å²) in [6.45, 7) is 0. The molecule has 1 aliphatic rings. The summed E-state index contributed by atoms with van der Waals surface area (Å²) in [5.74, 6) is 0.137. The number of Topliss-reactive ketones (excluding diaryl/α,β-unsaturated/α-hetero) is 1. The minimum absolute atomic E-state index is 0.137. The second-order valence-electron chi connectivity index (χ2n) is 4.36. The molecule has 2 heteroatoms. The van der Waals surface area contributed by atoms with Crippen LogP contribution >= 0.6 is 11.6 Å². The molecule has 0 aromatic heterocycles. The van der Waals surface area contributed by atoms with E-state index in [4.69, 9.17) is 11.6 Å². The minimum Gasteiger partial charge on any atom is -0.294 e. The Kier molecular flexibility index (Phi) is 2.77. The summed E-state index contributed by atoms with van der Waals surface area (Å²) in [5, 5.41) is 0.653. The minimum atomic E-state index is 0.137. The third kappa shape index (κ3) is 1.98. The molecule has 88 valence electrons. The van der Waals surface area contributed by atoms with Crippen LogP contribution in [0.25, 0.3) is 12.2 Å². The third-order valence-electron chi connectivity index (χ3n) is 3.16. The SMILES string of the molecule is O=C1Cc2ccccc2C=Cc2cc(Cl)ccc21. The molecule has 0 radical (unpaired) electrons. The van der Waals surface area contributed by atoms with Crippen molar-refractivity contribution in [3.8, 4) is 0 Å². The molecular formula is C16H11ClO. The van der Waals surface area contributed by atoms with Gasteiger partial charge in [-0.25, -0.2) is 0 Å². The first-order chi connectivity index (χ1) is 8.74. The summed E-state index contributed by atoms with van der Waals surface area (Å²) < 4.78 is 0. The normalized spacial score (nSPS) is 13.5. The average molecular weight is 255 g/mol. The van der Waals surface area contributed by atoms with Crippen molar-refractivity contribution in [1.29, 1.82) is 0 Å². The molecule has 0 unspecified atom stereocenters. The van der Waals surface area contributed by atoms with E-state index in [1.807, 2.05) is 42.5 Å². The van der Waals surface area contributed by atoms with E-state index in [9.17, 15) is 4.79 Å². The van der Waals surface area contributed by atoms with E-state index in [1.54, 1.807) is 12.1 Å². The molecule has 1 aliphatic carbocycles. The van der Waals surface area contributed by atoms with Gasteiger partial charge in [0.15, 0.2) is 5.78 Å². The van der Waals surface area contributed by atoms with E-state index in [1.165, 1.54) is 0 Å². The van der Waals surface area contributed by atoms with Crippen LogP contribution in [0, 0.1) is 0 Å². The van der Waals surface area contributed by atoms with Gasteiger partial charge in [-0.1, -0.05) is 48.0 Å². The van der Waals surface area contributed by atoms with Gasteiger partial charge in [-0.05, 0) is 34.9 Å². The van der Waals surface area contributed by atoms with Crippen LogP contribution in [-0.4, -0.2) is 5.78 Å². The standard InChI is InChI=1S/C16H11ClO/c17-14-7-8-15-13(9-14)6-5-11-3-1-2-4-12(11)10-16(15)18/h1-9H,10H2. The second-order valence-corrected chi connectivity index (χ2v) is 4.80. The topological polar surface area (TPSA) is 17.1 Å². The van der Waals surface area contributed by atoms with Crippen LogP contribution in [0.5, 0.6) is 0 Å². The Morgan fingerprint density at radius 3 is 2.61 bits per heavy atom. The van der Waals surface area contributed by atoms with Crippen molar-refractivity contribution in [2.45, 2.75) is 6.42 Å². The Balaban J connectivity index is 2.19. The van der Waals surface area contributed by atoms with Crippen LogP contribution in [0.15, 0.2) is 42.5 Å². The zero-order valence-corrected chi connectivity index (χ0v) is 10.4. The van der Waals surface area contributed by atoms with Crippen molar-refractivity contribution in [2.75, 3.05) is 0 Å². The monoisotopic (exact) mass is 254 g/mol. The molecule has 18 heavy (non-hydrogen) atoms. The van der Waals surface area contributed by atoms with Gasteiger partial charge in [0.2, 0.25) is 0 Å². The summed E-state index contributed by atoms with van der Waals surface area (Å²) in [7, 11) is 0. The highest BCUT2D eigenvalue weighted by Gasteiger charge is 2.14. The molecule has 0 bridgehead atoms. The number of hydrogen-bond donors (Lipinski definition) is 0. The lowest BCUT2D eigenvalue weighted by atomic mass is 9.92. The predicted molar refractivity (Wildman–Crippen MR) is 74.9 cm³/mol. The number of benzene rings is 2. The maximum absolute atomic E-state index is 12.3. The molecule has 0 heterocycles. The van der Waals surface area contributed by atoms with Gasteiger partial charge < -0.3 is 0 Å². The molecule has 0 amide bonds. The fourth-order valence-electron chi connectivity index (χ4n) is 2.23. The first-order valence-corrected chi connectivity index (χ1v) is 6.20. The number of carbonyl (C=O) groups is 1. The van der Waals surface area contributed by atoms with Crippen LogP contribution in [0.3, 0.4) is 0 Å². The zero-order valence-electron chi connectivity index (χ0n) is 9.69. The number of carbonyl (C=O) groups excluding carboxylic acids is 1. The van der Waals surface area contributed by atoms with Gasteiger partial charge in [-0.15, -0.1) is 0 Å². The van der Waals surface area contributed by atoms with E-state index in [0.29, 0.717) is 11.4 Å². The lowest BCUT2D eigenvalue weighted by molar-refractivity contribution is 0.0992. The number of fused-ring (bicyclic) bond motifs is 2. The van der Waals surface area contributed by atoms with Gasteiger partial charge in [0.1, 0.15) is 0 Å². The number of hydrogen-bond acceptors (Lipinski definition) is 1. The fourth-order valence-corrected chi connectivity index (χ4v) is 2.41. The van der Waals surface area contributed by atoms with E-state index in [-0.39, 0.29) is 5.78 Å². The third-order valence-corrected chi connectivity index (χ3v) is 3.40. The van der Waals surface area contributed by atoms with Crippen LogP contribution in [-0.2, 0) is 6.42 Å². The average Bonchev–Trinajstić information content (AvgIpc) is 2.36. The molecule has 0 saturated carbocycles. The Labute approximate surface area is 111 Å². The van der Waals surface area contributed by atoms with Gasteiger partial charge in [0.25, 0.3) is 0 Å². The highest BCUT2D eigenvalue weighted by atomic mass is 35.5. The van der Waals surface area contributed by atoms with Crippen molar-refractivity contribution in [3.63, 3.8) is 0 Å². The predicted octanol–water partition coefficient (Wildman–Crippen LogP) is 4.25. The van der Waals surface area contributed by atoms with Crippen molar-refractivity contribution in [3.05, 3.63) is 69.7 Å². The summed E-state index contributed by atoms with van der Waals surface area (Å²) in [5.41, 5.74) is 3.79. The molecule has 0 fully saturated rings. The molecule has 2 aromatic carbocycles. The Hall–Kier alpha value is -1.86. The van der Waals surface area contributed by atoms with Crippen molar-refractivity contribution in [1.82, 2.24) is 0 Å². The second kappa shape index (κ2) is 4.43. The largest absolute Gasteiger partial charge is 0.294 e. The molecule has 2 aromatic rings. The number of rotatable bonds is 0. The highest BCUT2D eigenvalue weighted by Crippen LogP contribution is 2.24. The molecule has 0 N–H and O–H groups in total. The van der Waals surface area contributed by atoms with Gasteiger partial charge >= 0.3 is 0 Å². The number of ketones is 1. The van der Waals surface area contributed by atoms with Gasteiger partial charge in [-0.3, -0.25) is 4.79 Å². The van der Waals surface area contributed by atoms with Gasteiger partial charge in [0, 0.05) is 17.0 Å². The van der Waals surface area contributed by atoms with Crippen LogP contribution in [0.4, 0.5) is 0 Å². The summed E-state index contributed by atoms with van der Waals surface area (Å²) >= 11 is 5.97. The van der Waals surface area contributed by atoms with Crippen LogP contribution in [0.1, 0.15) is 27.0 Å². The Bertz CT molecular complexity index is 656. The summed E-state index contributed by atoms with van der Waals surface area (Å²) in [4.78, 5) is 12.3. The Morgan fingerprint density at radius 1 is 0.944 bits per heavy atom. The van der Waals surface area contributed by atoms with E-state index < -0.39 is 0 Å². The molecular weight excluding hydrogens is 244 g/mol. The molecule has 0 saturated heterocycles. The Morgan fingerprint density at radius 2 is 1.72 bits per heavy atom.